The fourth-order valence-electron chi connectivity index (χ4n) is 1.72. The first-order valence-electron chi connectivity index (χ1n) is 6.14. The molecule has 0 unspecified atom stereocenters. The highest BCUT2D eigenvalue weighted by atomic mass is 32.2. The molecule has 6 nitrogen and oxygen atoms in total. The van der Waals surface area contributed by atoms with Crippen molar-refractivity contribution >= 4 is 27.2 Å². The lowest BCUT2D eigenvalue weighted by Crippen LogP contribution is -2.24. The van der Waals surface area contributed by atoms with Crippen LogP contribution in [0.1, 0.15) is 22.6 Å². The van der Waals surface area contributed by atoms with Gasteiger partial charge in [0, 0.05) is 11.6 Å². The van der Waals surface area contributed by atoms with Gasteiger partial charge >= 0.3 is 0 Å². The average Bonchev–Trinajstić information content (AvgIpc) is 2.83. The molecule has 2 aromatic rings. The summed E-state index contributed by atoms with van der Waals surface area (Å²) in [5.74, 6) is 0.345. The van der Waals surface area contributed by atoms with Crippen molar-refractivity contribution in [3.63, 3.8) is 0 Å². The van der Waals surface area contributed by atoms with Crippen LogP contribution in [0.15, 0.2) is 34.9 Å². The molecule has 8 heteroatoms. The van der Waals surface area contributed by atoms with Crippen LogP contribution in [0.4, 0.5) is 0 Å². The molecule has 0 atom stereocenters. The maximum absolute atomic E-state index is 12.0. The molecule has 0 bridgehead atoms. The van der Waals surface area contributed by atoms with Crippen LogP contribution >= 0.6 is 12.2 Å². The van der Waals surface area contributed by atoms with E-state index in [1.54, 1.807) is 37.3 Å². The molecule has 1 aromatic heterocycles. The number of thiocarbonyl (C=S) groups is 1. The first-order valence-corrected chi connectivity index (χ1v) is 8.20. The summed E-state index contributed by atoms with van der Waals surface area (Å²) in [7, 11) is -3.46. The second-order valence-corrected chi connectivity index (χ2v) is 6.82. The summed E-state index contributed by atoms with van der Waals surface area (Å²) < 4.78 is 31.4. The molecule has 1 aromatic carbocycles. The smallest absolute Gasteiger partial charge is 0.216 e. The third-order valence-electron chi connectivity index (χ3n) is 2.74. The Labute approximate surface area is 128 Å². The Balaban J connectivity index is 1.98. The van der Waals surface area contributed by atoms with Gasteiger partial charge in [-0.3, -0.25) is 0 Å². The molecule has 0 aliphatic rings. The maximum Gasteiger partial charge on any atom is 0.216 e. The summed E-state index contributed by atoms with van der Waals surface area (Å²) in [6, 6.07) is 8.46. The Hall–Kier alpha value is -1.77. The van der Waals surface area contributed by atoms with Gasteiger partial charge in [0.1, 0.15) is 4.99 Å². The minimum Gasteiger partial charge on any atom is -0.389 e. The molecule has 0 aliphatic heterocycles. The van der Waals surface area contributed by atoms with Gasteiger partial charge in [-0.15, -0.1) is 0 Å². The Kier molecular flexibility index (Phi) is 4.71. The first-order chi connectivity index (χ1) is 9.85. The minimum absolute atomic E-state index is 0.0775. The zero-order chi connectivity index (χ0) is 15.5. The van der Waals surface area contributed by atoms with E-state index in [9.17, 15) is 8.42 Å². The monoisotopic (exact) mass is 325 g/mol. The molecular weight excluding hydrogens is 310 g/mol. The number of nitrogens with two attached hydrogens (primary N) is 1. The molecule has 21 heavy (non-hydrogen) atoms. The van der Waals surface area contributed by atoms with Gasteiger partial charge in [-0.2, -0.15) is 0 Å². The van der Waals surface area contributed by atoms with E-state index in [4.69, 9.17) is 22.5 Å². The number of aromatic nitrogens is 1. The topological polar surface area (TPSA) is 98.2 Å². The normalized spacial score (nSPS) is 11.5. The third-order valence-corrected chi connectivity index (χ3v) is 4.27. The molecule has 1 heterocycles. The zero-order valence-corrected chi connectivity index (χ0v) is 13.0. The van der Waals surface area contributed by atoms with E-state index in [-0.39, 0.29) is 17.3 Å². The largest absolute Gasteiger partial charge is 0.389 e. The van der Waals surface area contributed by atoms with Gasteiger partial charge < -0.3 is 10.3 Å². The molecule has 0 radical (unpaired) electrons. The molecular formula is C13H15N3O3S2. The lowest BCUT2D eigenvalue weighted by atomic mass is 10.1. The van der Waals surface area contributed by atoms with Crippen LogP contribution in [0.3, 0.4) is 0 Å². The number of sulfonamides is 1. The van der Waals surface area contributed by atoms with Crippen LogP contribution in [0, 0.1) is 6.92 Å². The number of hydrogen-bond donors (Lipinski definition) is 2. The quantitative estimate of drug-likeness (QED) is 0.775. The predicted octanol–water partition coefficient (Wildman–Crippen LogP) is 1.24. The lowest BCUT2D eigenvalue weighted by Gasteiger charge is -2.06. The van der Waals surface area contributed by atoms with Gasteiger partial charge in [-0.25, -0.2) is 13.1 Å². The van der Waals surface area contributed by atoms with E-state index >= 15 is 0 Å². The van der Waals surface area contributed by atoms with E-state index in [0.29, 0.717) is 22.6 Å². The number of aryl methyl sites for hydroxylation is 1. The summed E-state index contributed by atoms with van der Waals surface area (Å²) in [5, 5.41) is 3.69. The summed E-state index contributed by atoms with van der Waals surface area (Å²) in [6.07, 6.45) is 0. The third kappa shape index (κ3) is 4.62. The van der Waals surface area contributed by atoms with Crippen LogP contribution in [0.25, 0.3) is 0 Å². The lowest BCUT2D eigenvalue weighted by molar-refractivity contribution is 0.377. The number of benzene rings is 1. The number of nitrogens with one attached hydrogen (secondary N) is 1. The first kappa shape index (κ1) is 15.6. The van der Waals surface area contributed by atoms with Crippen LogP contribution in [0.2, 0.25) is 0 Å². The molecule has 3 N–H and O–H groups in total. The van der Waals surface area contributed by atoms with Crippen molar-refractivity contribution in [1.29, 1.82) is 0 Å². The second-order valence-electron chi connectivity index (χ2n) is 4.58. The van der Waals surface area contributed by atoms with Crippen molar-refractivity contribution in [3.05, 3.63) is 52.9 Å². The number of hydrogen-bond acceptors (Lipinski definition) is 5. The predicted molar refractivity (Wildman–Crippen MR) is 83.0 cm³/mol. The summed E-state index contributed by atoms with van der Waals surface area (Å²) in [6.45, 7) is 1.85. The Bertz CT molecular complexity index is 736. The Morgan fingerprint density at radius 3 is 2.57 bits per heavy atom. The second kappa shape index (κ2) is 6.33. The Morgan fingerprint density at radius 1 is 1.38 bits per heavy atom. The summed E-state index contributed by atoms with van der Waals surface area (Å²) in [4.78, 5) is 0.281. The minimum atomic E-state index is -3.46. The van der Waals surface area contributed by atoms with Crippen molar-refractivity contribution in [1.82, 2.24) is 9.88 Å². The molecule has 0 fully saturated rings. The van der Waals surface area contributed by atoms with Crippen LogP contribution in [0.5, 0.6) is 0 Å². The Morgan fingerprint density at radius 2 is 2.05 bits per heavy atom. The van der Waals surface area contributed by atoms with Gasteiger partial charge in [-0.05, 0) is 12.5 Å². The number of nitrogens with zero attached hydrogens (tertiary/aromatic N) is 1. The van der Waals surface area contributed by atoms with Crippen molar-refractivity contribution < 1.29 is 12.9 Å². The molecule has 112 valence electrons. The molecule has 0 saturated carbocycles. The van der Waals surface area contributed by atoms with Gasteiger partial charge in [0.05, 0.1) is 18.0 Å². The highest BCUT2D eigenvalue weighted by molar-refractivity contribution is 7.88. The van der Waals surface area contributed by atoms with Crippen molar-refractivity contribution in [3.8, 4) is 0 Å². The summed E-state index contributed by atoms with van der Waals surface area (Å²) in [5.41, 5.74) is 7.55. The molecule has 0 aliphatic carbocycles. The van der Waals surface area contributed by atoms with E-state index in [2.05, 4.69) is 9.88 Å². The standard InChI is InChI=1S/C13H15N3O3S2/c1-9-6-12(19-16-9)7-15-21(17,18)8-10-2-4-11(5-3-10)13(14)20/h2-6,15H,7-8H2,1H3,(H2,14,20). The van der Waals surface area contributed by atoms with E-state index in [0.717, 1.165) is 0 Å². The zero-order valence-electron chi connectivity index (χ0n) is 11.4. The van der Waals surface area contributed by atoms with E-state index < -0.39 is 10.0 Å². The average molecular weight is 325 g/mol. The van der Waals surface area contributed by atoms with Crippen LogP contribution in [-0.4, -0.2) is 18.6 Å². The van der Waals surface area contributed by atoms with Crippen molar-refractivity contribution in [2.75, 3.05) is 0 Å². The molecule has 0 spiro atoms. The molecule has 0 saturated heterocycles. The highest BCUT2D eigenvalue weighted by Gasteiger charge is 2.13. The SMILES string of the molecule is Cc1cc(CNS(=O)(=O)Cc2ccc(C(N)=S)cc2)on1. The fourth-order valence-corrected chi connectivity index (χ4v) is 2.95. The van der Waals surface area contributed by atoms with Crippen LogP contribution in [-0.2, 0) is 22.3 Å². The number of rotatable bonds is 6. The van der Waals surface area contributed by atoms with Crippen molar-refractivity contribution in [2.24, 2.45) is 5.73 Å². The van der Waals surface area contributed by atoms with E-state index in [1.807, 2.05) is 0 Å². The van der Waals surface area contributed by atoms with Gasteiger partial charge in [0.2, 0.25) is 10.0 Å². The molecule has 0 amide bonds. The summed E-state index contributed by atoms with van der Waals surface area (Å²) >= 11 is 4.84. The van der Waals surface area contributed by atoms with Crippen LogP contribution < -0.4 is 10.5 Å². The van der Waals surface area contributed by atoms with Gasteiger partial charge in [0.25, 0.3) is 0 Å². The van der Waals surface area contributed by atoms with E-state index in [1.165, 1.54) is 0 Å². The highest BCUT2D eigenvalue weighted by Crippen LogP contribution is 2.09. The van der Waals surface area contributed by atoms with Gasteiger partial charge in [-0.1, -0.05) is 41.6 Å². The van der Waals surface area contributed by atoms with Crippen molar-refractivity contribution in [2.45, 2.75) is 19.2 Å². The van der Waals surface area contributed by atoms with Gasteiger partial charge in [0.15, 0.2) is 5.76 Å². The maximum atomic E-state index is 12.0. The molecule has 2 rings (SSSR count). The fraction of sp³-hybridized carbons (Fsp3) is 0.231.